The Morgan fingerprint density at radius 1 is 1.29 bits per heavy atom. The lowest BCUT2D eigenvalue weighted by molar-refractivity contribution is 0.231. The third-order valence-electron chi connectivity index (χ3n) is 3.12. The number of hydrogen-bond donors (Lipinski definition) is 2. The third kappa shape index (κ3) is 3.35. The zero-order valence-electron chi connectivity index (χ0n) is 10.1. The van der Waals surface area contributed by atoms with Gasteiger partial charge < -0.3 is 15.6 Å². The van der Waals surface area contributed by atoms with Crippen molar-refractivity contribution in [2.75, 3.05) is 26.2 Å². The summed E-state index contributed by atoms with van der Waals surface area (Å²) in [6.07, 6.45) is 2.58. The van der Waals surface area contributed by atoms with Gasteiger partial charge in [-0.3, -0.25) is 4.90 Å². The van der Waals surface area contributed by atoms with Gasteiger partial charge in [0, 0.05) is 13.1 Å². The van der Waals surface area contributed by atoms with Gasteiger partial charge in [-0.05, 0) is 43.6 Å². The van der Waals surface area contributed by atoms with E-state index >= 15 is 0 Å². The molecule has 1 fully saturated rings. The number of likely N-dealkylation sites (tertiary alicyclic amines) is 1. The van der Waals surface area contributed by atoms with E-state index in [2.05, 4.69) is 4.90 Å². The number of phenols is 1. The fraction of sp³-hybridized carbons (Fsp3) is 0.538. The summed E-state index contributed by atoms with van der Waals surface area (Å²) in [5, 5.41) is 9.72. The van der Waals surface area contributed by atoms with Crippen LogP contribution in [0, 0.1) is 0 Å². The van der Waals surface area contributed by atoms with Crippen LogP contribution in [0.15, 0.2) is 18.2 Å². The maximum atomic E-state index is 9.72. The van der Waals surface area contributed by atoms with Gasteiger partial charge in [-0.15, -0.1) is 0 Å². The van der Waals surface area contributed by atoms with Crippen molar-refractivity contribution in [3.8, 4) is 11.5 Å². The van der Waals surface area contributed by atoms with Crippen LogP contribution in [0.3, 0.4) is 0 Å². The van der Waals surface area contributed by atoms with Crippen LogP contribution in [0.5, 0.6) is 11.5 Å². The minimum absolute atomic E-state index is 0.175. The Hall–Kier alpha value is -1.26. The van der Waals surface area contributed by atoms with E-state index in [0.29, 0.717) is 18.9 Å². The first-order valence-electron chi connectivity index (χ1n) is 6.16. The highest BCUT2D eigenvalue weighted by Crippen LogP contribution is 2.26. The number of aromatic hydroxyl groups is 1. The van der Waals surface area contributed by atoms with Gasteiger partial charge in [0.25, 0.3) is 0 Å². The van der Waals surface area contributed by atoms with E-state index in [9.17, 15) is 5.11 Å². The van der Waals surface area contributed by atoms with Crippen LogP contribution in [0.1, 0.15) is 18.4 Å². The molecule has 0 bridgehead atoms. The first kappa shape index (κ1) is 12.2. The van der Waals surface area contributed by atoms with E-state index in [0.717, 1.165) is 12.1 Å². The van der Waals surface area contributed by atoms with Crippen LogP contribution < -0.4 is 10.5 Å². The van der Waals surface area contributed by atoms with Crippen LogP contribution in [-0.2, 0) is 6.54 Å². The van der Waals surface area contributed by atoms with E-state index in [1.165, 1.54) is 25.9 Å². The van der Waals surface area contributed by atoms with Gasteiger partial charge in [-0.25, -0.2) is 0 Å². The molecule has 4 heteroatoms. The second kappa shape index (κ2) is 5.89. The molecular formula is C13H20N2O2. The van der Waals surface area contributed by atoms with Crippen molar-refractivity contribution >= 4 is 0 Å². The highest BCUT2D eigenvalue weighted by atomic mass is 16.5. The summed E-state index contributed by atoms with van der Waals surface area (Å²) >= 11 is 0. The molecule has 0 aromatic heterocycles. The van der Waals surface area contributed by atoms with Gasteiger partial charge >= 0.3 is 0 Å². The van der Waals surface area contributed by atoms with Crippen molar-refractivity contribution < 1.29 is 9.84 Å². The first-order chi connectivity index (χ1) is 8.29. The summed E-state index contributed by atoms with van der Waals surface area (Å²) < 4.78 is 5.57. The van der Waals surface area contributed by atoms with Crippen LogP contribution in [-0.4, -0.2) is 36.2 Å². The Bertz CT molecular complexity index is 362. The van der Waals surface area contributed by atoms with Gasteiger partial charge in [-0.1, -0.05) is 6.07 Å². The molecule has 0 spiro atoms. The Balaban J connectivity index is 1.81. The molecule has 1 aromatic carbocycles. The van der Waals surface area contributed by atoms with Gasteiger partial charge in [0.15, 0.2) is 11.5 Å². The third-order valence-corrected chi connectivity index (χ3v) is 3.12. The predicted molar refractivity (Wildman–Crippen MR) is 67.2 cm³/mol. The molecule has 2 rings (SSSR count). The average molecular weight is 236 g/mol. The molecule has 0 saturated carbocycles. The Morgan fingerprint density at radius 3 is 2.71 bits per heavy atom. The number of rotatable bonds is 5. The van der Waals surface area contributed by atoms with E-state index in [1.54, 1.807) is 12.1 Å². The Labute approximate surface area is 102 Å². The molecule has 0 unspecified atom stereocenters. The monoisotopic (exact) mass is 236 g/mol. The quantitative estimate of drug-likeness (QED) is 0.809. The molecule has 0 atom stereocenters. The average Bonchev–Trinajstić information content (AvgIpc) is 2.84. The summed E-state index contributed by atoms with van der Waals surface area (Å²) in [7, 11) is 0. The lowest BCUT2D eigenvalue weighted by Gasteiger charge is -2.15. The number of hydrogen-bond acceptors (Lipinski definition) is 4. The second-order valence-corrected chi connectivity index (χ2v) is 4.40. The summed E-state index contributed by atoms with van der Waals surface area (Å²) in [4.78, 5) is 2.38. The van der Waals surface area contributed by atoms with Gasteiger partial charge in [-0.2, -0.15) is 0 Å². The highest BCUT2D eigenvalue weighted by molar-refractivity contribution is 5.41. The summed E-state index contributed by atoms with van der Waals surface area (Å²) in [6.45, 7) is 4.32. The molecule has 17 heavy (non-hydrogen) atoms. The van der Waals surface area contributed by atoms with Crippen LogP contribution in [0.2, 0.25) is 0 Å². The molecule has 4 nitrogen and oxygen atoms in total. The van der Waals surface area contributed by atoms with Crippen LogP contribution in [0.4, 0.5) is 0 Å². The minimum atomic E-state index is 0.175. The van der Waals surface area contributed by atoms with Crippen molar-refractivity contribution in [1.82, 2.24) is 4.90 Å². The number of nitrogens with zero attached hydrogens (tertiary/aromatic N) is 1. The van der Waals surface area contributed by atoms with E-state index < -0.39 is 0 Å². The minimum Gasteiger partial charge on any atom is -0.504 e. The standard InChI is InChI=1S/C13H20N2O2/c14-10-11-3-4-13(12(16)9-11)17-8-7-15-5-1-2-6-15/h3-4,9,16H,1-2,5-8,10,14H2. The lowest BCUT2D eigenvalue weighted by Crippen LogP contribution is -2.25. The van der Waals surface area contributed by atoms with Crippen molar-refractivity contribution in [3.63, 3.8) is 0 Å². The van der Waals surface area contributed by atoms with Crippen molar-refractivity contribution in [2.45, 2.75) is 19.4 Å². The molecule has 0 amide bonds. The number of benzene rings is 1. The summed E-state index contributed by atoms with van der Waals surface area (Å²) in [5.41, 5.74) is 6.40. The Morgan fingerprint density at radius 2 is 2.06 bits per heavy atom. The summed E-state index contributed by atoms with van der Waals surface area (Å²) in [5.74, 6) is 0.718. The molecule has 1 aromatic rings. The molecule has 0 aliphatic carbocycles. The van der Waals surface area contributed by atoms with E-state index in [-0.39, 0.29) is 5.75 Å². The zero-order chi connectivity index (χ0) is 12.1. The van der Waals surface area contributed by atoms with Crippen molar-refractivity contribution in [2.24, 2.45) is 5.73 Å². The molecule has 94 valence electrons. The molecular weight excluding hydrogens is 216 g/mol. The van der Waals surface area contributed by atoms with Crippen LogP contribution in [0.25, 0.3) is 0 Å². The first-order valence-corrected chi connectivity index (χ1v) is 6.16. The Kier molecular flexibility index (Phi) is 4.23. The fourth-order valence-electron chi connectivity index (χ4n) is 2.10. The van der Waals surface area contributed by atoms with Crippen molar-refractivity contribution in [3.05, 3.63) is 23.8 Å². The number of nitrogens with two attached hydrogens (primary N) is 1. The molecule has 1 aliphatic heterocycles. The number of phenolic OH excluding ortho intramolecular Hbond substituents is 1. The number of ether oxygens (including phenoxy) is 1. The molecule has 3 N–H and O–H groups in total. The van der Waals surface area contributed by atoms with Crippen molar-refractivity contribution in [1.29, 1.82) is 0 Å². The maximum absolute atomic E-state index is 9.72. The molecule has 1 heterocycles. The topological polar surface area (TPSA) is 58.7 Å². The van der Waals surface area contributed by atoms with E-state index in [1.807, 2.05) is 6.07 Å². The normalized spacial score (nSPS) is 16.3. The van der Waals surface area contributed by atoms with E-state index in [4.69, 9.17) is 10.5 Å². The van der Waals surface area contributed by atoms with Gasteiger partial charge in [0.1, 0.15) is 6.61 Å². The highest BCUT2D eigenvalue weighted by Gasteiger charge is 2.11. The van der Waals surface area contributed by atoms with Crippen LogP contribution >= 0.6 is 0 Å². The molecule has 0 radical (unpaired) electrons. The smallest absolute Gasteiger partial charge is 0.160 e. The largest absolute Gasteiger partial charge is 0.504 e. The SMILES string of the molecule is NCc1ccc(OCCN2CCCC2)c(O)c1. The molecule has 1 aliphatic rings. The second-order valence-electron chi connectivity index (χ2n) is 4.40. The molecule has 1 saturated heterocycles. The predicted octanol–water partition coefficient (Wildman–Crippen LogP) is 1.33. The summed E-state index contributed by atoms with van der Waals surface area (Å²) in [6, 6.07) is 5.32. The lowest BCUT2D eigenvalue weighted by atomic mass is 10.2. The zero-order valence-corrected chi connectivity index (χ0v) is 10.1. The van der Waals surface area contributed by atoms with Gasteiger partial charge in [0.2, 0.25) is 0 Å². The van der Waals surface area contributed by atoms with Gasteiger partial charge in [0.05, 0.1) is 0 Å². The fourth-order valence-corrected chi connectivity index (χ4v) is 2.10. The maximum Gasteiger partial charge on any atom is 0.160 e.